The fourth-order valence-electron chi connectivity index (χ4n) is 7.10. The Morgan fingerprint density at radius 1 is 0.745 bits per heavy atom. The second-order valence-corrected chi connectivity index (χ2v) is 26.1. The molecular weight excluding hydrogens is 755 g/mol. The van der Waals surface area contributed by atoms with Gasteiger partial charge in [0.2, 0.25) is 0 Å². The summed E-state index contributed by atoms with van der Waals surface area (Å²) >= 11 is 1.74. The average molecular weight is 811 g/mol. The molecule has 0 fully saturated rings. The smallest absolute Gasteiger partial charge is 1.00 e. The van der Waals surface area contributed by atoms with Crippen LogP contribution in [0.4, 0.5) is 0 Å². The van der Waals surface area contributed by atoms with Gasteiger partial charge in [-0.2, -0.15) is 23.8 Å². The summed E-state index contributed by atoms with van der Waals surface area (Å²) in [7, 11) is 0. The average Bonchev–Trinajstić information content (AvgIpc) is 3.76. The van der Waals surface area contributed by atoms with E-state index in [2.05, 4.69) is 166 Å². The Morgan fingerprint density at radius 2 is 1.29 bits per heavy atom. The maximum atomic E-state index is 3.59. The van der Waals surface area contributed by atoms with Crippen LogP contribution in [0.1, 0.15) is 114 Å². The second-order valence-electron chi connectivity index (χ2n) is 16.8. The van der Waals surface area contributed by atoms with Crippen molar-refractivity contribution in [3.8, 4) is 22.3 Å². The number of halogens is 2. The molecule has 0 saturated heterocycles. The number of aryl methyl sites for hydroxylation is 1. The predicted octanol–water partition coefficient (Wildman–Crippen LogP) is 7.23. The van der Waals surface area contributed by atoms with Gasteiger partial charge in [-0.25, -0.2) is 0 Å². The van der Waals surface area contributed by atoms with E-state index in [0.717, 1.165) is 6.42 Å². The minimum atomic E-state index is 0. The molecule has 2 aliphatic rings. The van der Waals surface area contributed by atoms with Crippen LogP contribution in [0.3, 0.4) is 0 Å². The number of hydrogen-bond donors (Lipinski definition) is 0. The van der Waals surface area contributed by atoms with Crippen LogP contribution >= 0.6 is 0 Å². The van der Waals surface area contributed by atoms with Crippen molar-refractivity contribution >= 4 is 16.2 Å². The fourth-order valence-corrected chi connectivity index (χ4v) is 7.10. The van der Waals surface area contributed by atoms with Gasteiger partial charge in [-0.05, 0) is 58.3 Å². The van der Waals surface area contributed by atoms with Crippen molar-refractivity contribution in [2.24, 2.45) is 0 Å². The van der Waals surface area contributed by atoms with Gasteiger partial charge in [0.15, 0.2) is 0 Å². The topological polar surface area (TPSA) is 0 Å². The van der Waals surface area contributed by atoms with Crippen molar-refractivity contribution in [3.63, 3.8) is 0 Å². The van der Waals surface area contributed by atoms with E-state index in [0.29, 0.717) is 5.92 Å². The molecule has 0 aromatic heterocycles. The first-order chi connectivity index (χ1) is 23.0. The molecule has 0 radical (unpaired) electrons. The first-order valence-electron chi connectivity index (χ1n) is 18.2. The third kappa shape index (κ3) is 10.5. The number of fused-ring (bicyclic) bond motifs is 3. The number of benzene rings is 4. The molecule has 0 amide bonds. The molecule has 0 bridgehead atoms. The Balaban J connectivity index is 0.000000241. The zero-order valence-electron chi connectivity index (χ0n) is 32.7. The molecule has 0 atom stereocenters. The largest absolute Gasteiger partial charge is 1.00 e. The minimum absolute atomic E-state index is 0. The predicted molar refractivity (Wildman–Crippen MR) is 213 cm³/mol. The molecule has 51 heavy (non-hydrogen) atoms. The molecule has 0 saturated carbocycles. The van der Waals surface area contributed by atoms with Crippen LogP contribution in [0.25, 0.3) is 33.0 Å². The van der Waals surface area contributed by atoms with Crippen molar-refractivity contribution in [2.45, 2.75) is 118 Å². The van der Waals surface area contributed by atoms with Crippen LogP contribution in [0.15, 0.2) is 90.5 Å². The van der Waals surface area contributed by atoms with Crippen LogP contribution in [-0.2, 0) is 53.4 Å². The van der Waals surface area contributed by atoms with Gasteiger partial charge in [-0.15, -0.1) is 45.7 Å². The van der Waals surface area contributed by atoms with Crippen LogP contribution in [0.2, 0.25) is 13.1 Å². The minimum Gasteiger partial charge on any atom is -1.00 e. The SMILES string of the molecule is CC(C)c1cc2c(-c3ccc(C(C)(C)C)cc3)cccc2[cH-]1.CC1=[C-]c2cc3c(c(-c4ccc(C(C)(C)C)cc4)c2C1)CCC3.C[Si](C)=[Zr+2].[Cl-].[Cl-]. The first kappa shape index (κ1) is 43.3. The summed E-state index contributed by atoms with van der Waals surface area (Å²) in [5, 5.41) is 2.72. The maximum Gasteiger partial charge on any atom is -1.00 e. The number of hydrogen-bond acceptors (Lipinski definition) is 0. The van der Waals surface area contributed by atoms with Crippen molar-refractivity contribution in [2.75, 3.05) is 0 Å². The fraction of sp³-hybridized carbons (Fsp3) is 0.383. The molecule has 7 rings (SSSR count). The summed E-state index contributed by atoms with van der Waals surface area (Å²) in [6.45, 7) is 25.0. The molecular formula is C47H56Cl2SiZr-2. The molecule has 0 unspecified atom stereocenters. The van der Waals surface area contributed by atoms with Gasteiger partial charge in [0, 0.05) is 0 Å². The molecule has 0 aliphatic heterocycles. The summed E-state index contributed by atoms with van der Waals surface area (Å²) in [4.78, 5) is 0. The van der Waals surface area contributed by atoms with Gasteiger partial charge in [0.25, 0.3) is 0 Å². The number of allylic oxidation sites excluding steroid dienone is 1. The van der Waals surface area contributed by atoms with E-state index in [1.165, 1.54) is 85.7 Å². The van der Waals surface area contributed by atoms with Crippen molar-refractivity contribution in [1.29, 1.82) is 0 Å². The third-order valence-corrected chi connectivity index (χ3v) is 9.84. The first-order valence-corrected chi connectivity index (χ1v) is 24.4. The van der Waals surface area contributed by atoms with Gasteiger partial charge < -0.3 is 24.8 Å². The quantitative estimate of drug-likeness (QED) is 0.133. The number of rotatable bonds is 3. The van der Waals surface area contributed by atoms with E-state index < -0.39 is 0 Å². The zero-order chi connectivity index (χ0) is 35.7. The summed E-state index contributed by atoms with van der Waals surface area (Å²) in [6.07, 6.45) is 8.42. The Hall–Kier alpha value is -2.09. The van der Waals surface area contributed by atoms with Gasteiger partial charge in [0.05, 0.1) is 0 Å². The molecule has 0 nitrogen and oxygen atoms in total. The molecule has 5 aromatic rings. The molecule has 0 heterocycles. The molecule has 4 heteroatoms. The Morgan fingerprint density at radius 3 is 1.82 bits per heavy atom. The Bertz CT molecular complexity index is 1970. The summed E-state index contributed by atoms with van der Waals surface area (Å²) < 4.78 is 0. The van der Waals surface area contributed by atoms with Gasteiger partial charge in [-0.3, -0.25) is 0 Å². The summed E-state index contributed by atoms with van der Waals surface area (Å²) in [5.74, 6) is 0.573. The van der Waals surface area contributed by atoms with E-state index >= 15 is 0 Å². The van der Waals surface area contributed by atoms with Crippen molar-refractivity contribution < 1.29 is 48.1 Å². The van der Waals surface area contributed by atoms with E-state index in [1.807, 2.05) is 0 Å². The van der Waals surface area contributed by atoms with E-state index in [1.54, 1.807) is 34.5 Å². The van der Waals surface area contributed by atoms with Crippen LogP contribution in [0.5, 0.6) is 0 Å². The molecule has 2 aliphatic carbocycles. The molecule has 5 aromatic carbocycles. The van der Waals surface area contributed by atoms with E-state index in [-0.39, 0.29) is 41.1 Å². The zero-order valence-corrected chi connectivity index (χ0v) is 37.7. The summed E-state index contributed by atoms with van der Waals surface area (Å²) in [5.41, 5.74) is 17.8. The van der Waals surface area contributed by atoms with Gasteiger partial charge >= 0.3 is 41.9 Å². The third-order valence-electron chi connectivity index (χ3n) is 9.84. The monoisotopic (exact) mass is 808 g/mol. The van der Waals surface area contributed by atoms with Crippen molar-refractivity contribution in [3.05, 3.63) is 136 Å². The van der Waals surface area contributed by atoms with Gasteiger partial charge in [-0.1, -0.05) is 146 Å². The van der Waals surface area contributed by atoms with Crippen molar-refractivity contribution in [1.82, 2.24) is 0 Å². The maximum absolute atomic E-state index is 3.59. The normalized spacial score (nSPS) is 13.2. The molecule has 0 spiro atoms. The van der Waals surface area contributed by atoms with Crippen LogP contribution in [0, 0.1) is 6.08 Å². The van der Waals surface area contributed by atoms with E-state index in [9.17, 15) is 0 Å². The van der Waals surface area contributed by atoms with E-state index in [4.69, 9.17) is 0 Å². The Kier molecular flexibility index (Phi) is 15.1. The van der Waals surface area contributed by atoms with Gasteiger partial charge in [0.1, 0.15) is 0 Å². The molecule has 0 N–H and O–H groups in total. The summed E-state index contributed by atoms with van der Waals surface area (Å²) in [6, 6.07) is 32.1. The van der Waals surface area contributed by atoms with Crippen LogP contribution in [-0.4, -0.2) is 5.43 Å². The Labute approximate surface area is 337 Å². The second kappa shape index (κ2) is 17.8. The molecule has 268 valence electrons. The van der Waals surface area contributed by atoms with Crippen LogP contribution < -0.4 is 24.8 Å². The standard InChI is InChI=1S/C23H25.C22H25.C2H6Si.2ClH.Zr/c1-15-12-18-14-17-6-5-7-20(17)22(21(18)13-15)16-8-10-19(11-9-16)23(2,3)4;1-15(2)18-13-17-7-6-8-20(21(17)14-18)16-9-11-19(12-10-16)22(3,4)5;1-3-2;;;/h8-11,14H,5-7,13H2,1-4H3;6-15H,1-5H3;1-2H3;2*1H;/q2*-1;;;;+2/p-2.